The lowest BCUT2D eigenvalue weighted by Crippen LogP contribution is -2.38. The van der Waals surface area contributed by atoms with Crippen LogP contribution in [0.25, 0.3) is 0 Å². The van der Waals surface area contributed by atoms with E-state index in [1.807, 2.05) is 31.6 Å². The van der Waals surface area contributed by atoms with Crippen LogP contribution in [0.3, 0.4) is 0 Å². The summed E-state index contributed by atoms with van der Waals surface area (Å²) in [6, 6.07) is 4.06. The number of likely N-dealkylation sites (N-methyl/N-ethyl adjacent to an activating group) is 1. The van der Waals surface area contributed by atoms with Crippen molar-refractivity contribution in [1.29, 1.82) is 0 Å². The van der Waals surface area contributed by atoms with Gasteiger partial charge in [-0.05, 0) is 42.8 Å². The molecule has 0 amide bonds. The minimum Gasteiger partial charge on any atom is -0.385 e. The van der Waals surface area contributed by atoms with Crippen molar-refractivity contribution in [3.63, 3.8) is 0 Å². The van der Waals surface area contributed by atoms with Crippen LogP contribution in [0.15, 0.2) is 24.5 Å². The summed E-state index contributed by atoms with van der Waals surface area (Å²) in [4.78, 5) is 6.06. The summed E-state index contributed by atoms with van der Waals surface area (Å²) in [5.41, 5.74) is 1.28. The second kappa shape index (κ2) is 8.83. The summed E-state index contributed by atoms with van der Waals surface area (Å²) in [5.74, 6) is 0. The summed E-state index contributed by atoms with van der Waals surface area (Å²) in [5, 5.41) is 4.01. The largest absolute Gasteiger partial charge is 0.385 e. The van der Waals surface area contributed by atoms with Crippen molar-refractivity contribution >= 4 is 17.3 Å². The van der Waals surface area contributed by atoms with E-state index in [9.17, 15) is 0 Å². The van der Waals surface area contributed by atoms with Gasteiger partial charge in [0.1, 0.15) is 0 Å². The van der Waals surface area contributed by atoms with E-state index in [0.717, 1.165) is 37.7 Å². The van der Waals surface area contributed by atoms with E-state index in [4.69, 9.17) is 17.0 Å². The Hall–Kier alpha value is -1.20. The minimum absolute atomic E-state index is 0.760. The van der Waals surface area contributed by atoms with Crippen LogP contribution in [-0.4, -0.2) is 48.9 Å². The van der Waals surface area contributed by atoms with Crippen molar-refractivity contribution in [2.75, 3.05) is 33.9 Å². The van der Waals surface area contributed by atoms with Crippen LogP contribution in [-0.2, 0) is 11.2 Å². The summed E-state index contributed by atoms with van der Waals surface area (Å²) in [6.07, 6.45) is 5.57. The van der Waals surface area contributed by atoms with Crippen molar-refractivity contribution in [2.24, 2.45) is 0 Å². The van der Waals surface area contributed by atoms with Gasteiger partial charge in [0.15, 0.2) is 5.11 Å². The van der Waals surface area contributed by atoms with Gasteiger partial charge in [-0.1, -0.05) is 0 Å². The van der Waals surface area contributed by atoms with Gasteiger partial charge >= 0.3 is 0 Å². The SMILES string of the molecule is COCCCNC(=S)N(C)CCc1ccncc1. The van der Waals surface area contributed by atoms with E-state index >= 15 is 0 Å². The number of nitrogens with one attached hydrogen (secondary N) is 1. The normalized spacial score (nSPS) is 10.1. The van der Waals surface area contributed by atoms with E-state index in [2.05, 4.69) is 15.2 Å². The lowest BCUT2D eigenvalue weighted by atomic mass is 10.2. The molecule has 0 aliphatic carbocycles. The van der Waals surface area contributed by atoms with Crippen LogP contribution in [0.2, 0.25) is 0 Å². The molecule has 4 nitrogen and oxygen atoms in total. The van der Waals surface area contributed by atoms with Crippen LogP contribution in [0.4, 0.5) is 0 Å². The zero-order valence-electron chi connectivity index (χ0n) is 11.1. The standard InChI is InChI=1S/C13H21N3OS/c1-16(13(18)15-7-3-11-17-2)10-6-12-4-8-14-9-5-12/h4-5,8-9H,3,6-7,10-11H2,1-2H3,(H,15,18). The molecule has 0 saturated carbocycles. The molecular weight excluding hydrogens is 246 g/mol. The lowest BCUT2D eigenvalue weighted by Gasteiger charge is -2.21. The molecule has 5 heteroatoms. The fourth-order valence-electron chi connectivity index (χ4n) is 1.49. The van der Waals surface area contributed by atoms with Crippen molar-refractivity contribution in [2.45, 2.75) is 12.8 Å². The zero-order valence-corrected chi connectivity index (χ0v) is 11.9. The van der Waals surface area contributed by atoms with Gasteiger partial charge in [0.25, 0.3) is 0 Å². The molecular formula is C13H21N3OS. The van der Waals surface area contributed by atoms with Crippen molar-refractivity contribution in [1.82, 2.24) is 15.2 Å². The molecule has 0 aliphatic rings. The molecule has 0 spiro atoms. The Bertz CT molecular complexity index is 345. The van der Waals surface area contributed by atoms with Gasteiger partial charge in [-0.3, -0.25) is 4.98 Å². The molecule has 1 N–H and O–H groups in total. The molecule has 0 unspecified atom stereocenters. The van der Waals surface area contributed by atoms with E-state index in [-0.39, 0.29) is 0 Å². The van der Waals surface area contributed by atoms with Gasteiger partial charge < -0.3 is 15.0 Å². The Morgan fingerprint density at radius 1 is 1.44 bits per heavy atom. The Kier molecular flexibility index (Phi) is 7.29. The van der Waals surface area contributed by atoms with Crippen molar-refractivity contribution in [3.05, 3.63) is 30.1 Å². The van der Waals surface area contributed by atoms with E-state index in [1.54, 1.807) is 7.11 Å². The molecule has 1 aromatic heterocycles. The number of thiocarbonyl (C=S) groups is 1. The summed E-state index contributed by atoms with van der Waals surface area (Å²) in [6.45, 7) is 2.52. The molecule has 0 saturated heterocycles. The highest BCUT2D eigenvalue weighted by atomic mass is 32.1. The molecule has 0 atom stereocenters. The number of aromatic nitrogens is 1. The Labute approximate surface area is 114 Å². The third kappa shape index (κ3) is 5.93. The minimum atomic E-state index is 0.760. The van der Waals surface area contributed by atoms with Crippen molar-refractivity contribution in [3.8, 4) is 0 Å². The molecule has 1 rings (SSSR count). The zero-order chi connectivity index (χ0) is 13.2. The predicted octanol–water partition coefficient (Wildman–Crippen LogP) is 1.47. The van der Waals surface area contributed by atoms with Gasteiger partial charge in [0.2, 0.25) is 0 Å². The van der Waals surface area contributed by atoms with Gasteiger partial charge in [0, 0.05) is 46.2 Å². The first-order chi connectivity index (χ1) is 8.74. The highest BCUT2D eigenvalue weighted by molar-refractivity contribution is 7.80. The maximum atomic E-state index is 5.30. The molecule has 0 bridgehead atoms. The van der Waals surface area contributed by atoms with Gasteiger partial charge in [-0.2, -0.15) is 0 Å². The first kappa shape index (κ1) is 14.9. The molecule has 1 aromatic rings. The molecule has 1 heterocycles. The number of nitrogens with zero attached hydrogens (tertiary/aromatic N) is 2. The third-order valence-corrected chi connectivity index (χ3v) is 3.09. The lowest BCUT2D eigenvalue weighted by molar-refractivity contribution is 0.195. The summed E-state index contributed by atoms with van der Waals surface area (Å²) >= 11 is 5.30. The predicted molar refractivity (Wildman–Crippen MR) is 77.7 cm³/mol. The average Bonchev–Trinajstić information content (AvgIpc) is 2.42. The molecule has 0 aliphatic heterocycles. The van der Waals surface area contributed by atoms with Crippen LogP contribution < -0.4 is 5.32 Å². The van der Waals surface area contributed by atoms with Crippen LogP contribution in [0.5, 0.6) is 0 Å². The molecule has 0 aromatic carbocycles. The van der Waals surface area contributed by atoms with E-state index in [1.165, 1.54) is 5.56 Å². The third-order valence-electron chi connectivity index (χ3n) is 2.63. The topological polar surface area (TPSA) is 37.4 Å². The Morgan fingerprint density at radius 3 is 2.83 bits per heavy atom. The number of pyridine rings is 1. The average molecular weight is 267 g/mol. The number of hydrogen-bond acceptors (Lipinski definition) is 3. The second-order valence-corrected chi connectivity index (χ2v) is 4.49. The van der Waals surface area contributed by atoms with E-state index < -0.39 is 0 Å². The Balaban J connectivity index is 2.19. The monoisotopic (exact) mass is 267 g/mol. The highest BCUT2D eigenvalue weighted by Gasteiger charge is 2.03. The number of methoxy groups -OCH3 is 1. The fraction of sp³-hybridized carbons (Fsp3) is 0.538. The van der Waals surface area contributed by atoms with Gasteiger partial charge in [0.05, 0.1) is 0 Å². The number of ether oxygens (including phenoxy) is 1. The first-order valence-corrected chi connectivity index (χ1v) is 6.51. The smallest absolute Gasteiger partial charge is 0.168 e. The van der Waals surface area contributed by atoms with Crippen molar-refractivity contribution < 1.29 is 4.74 Å². The molecule has 0 fully saturated rings. The molecule has 0 radical (unpaired) electrons. The van der Waals surface area contributed by atoms with Crippen LogP contribution >= 0.6 is 12.2 Å². The van der Waals surface area contributed by atoms with Gasteiger partial charge in [-0.25, -0.2) is 0 Å². The first-order valence-electron chi connectivity index (χ1n) is 6.11. The van der Waals surface area contributed by atoms with Crippen LogP contribution in [0, 0.1) is 0 Å². The summed E-state index contributed by atoms with van der Waals surface area (Å²) in [7, 11) is 3.71. The maximum absolute atomic E-state index is 5.30. The Morgan fingerprint density at radius 2 is 2.17 bits per heavy atom. The maximum Gasteiger partial charge on any atom is 0.168 e. The van der Waals surface area contributed by atoms with Crippen LogP contribution in [0.1, 0.15) is 12.0 Å². The van der Waals surface area contributed by atoms with E-state index in [0.29, 0.717) is 0 Å². The number of hydrogen-bond donors (Lipinski definition) is 1. The molecule has 18 heavy (non-hydrogen) atoms. The second-order valence-electron chi connectivity index (χ2n) is 4.11. The fourth-order valence-corrected chi connectivity index (χ4v) is 1.69. The molecule has 100 valence electrons. The van der Waals surface area contributed by atoms with Gasteiger partial charge in [-0.15, -0.1) is 0 Å². The highest BCUT2D eigenvalue weighted by Crippen LogP contribution is 1.99. The number of rotatable bonds is 7. The quantitative estimate of drug-likeness (QED) is 0.598. The summed E-state index contributed by atoms with van der Waals surface area (Å²) < 4.78 is 4.99.